The van der Waals surface area contributed by atoms with Crippen LogP contribution >= 0.6 is 23.5 Å². The molecule has 3 nitrogen and oxygen atoms in total. The van der Waals surface area contributed by atoms with Gasteiger partial charge in [0.15, 0.2) is 0 Å². The average molecular weight is 231 g/mol. The summed E-state index contributed by atoms with van der Waals surface area (Å²) in [6.07, 6.45) is 4.21. The van der Waals surface area contributed by atoms with E-state index in [0.29, 0.717) is 6.04 Å². The third-order valence-electron chi connectivity index (χ3n) is 1.92. The predicted octanol–water partition coefficient (Wildman–Crippen LogP) is 2.59. The number of thioether (sulfide) groups is 2. The van der Waals surface area contributed by atoms with Crippen molar-refractivity contribution in [2.75, 3.05) is 12.5 Å². The zero-order valence-electron chi connectivity index (χ0n) is 9.15. The molecule has 0 saturated heterocycles. The van der Waals surface area contributed by atoms with Crippen molar-refractivity contribution in [2.45, 2.75) is 31.4 Å². The summed E-state index contributed by atoms with van der Waals surface area (Å²) >= 11 is 3.62. The zero-order chi connectivity index (χ0) is 10.6. The van der Waals surface area contributed by atoms with E-state index in [-0.39, 0.29) is 0 Å². The molecule has 0 amide bonds. The second kappa shape index (κ2) is 5.66. The molecule has 0 N–H and O–H groups in total. The van der Waals surface area contributed by atoms with Crippen LogP contribution in [-0.4, -0.2) is 27.5 Å². The minimum atomic E-state index is 0.403. The molecule has 0 atom stereocenters. The Bertz CT molecular complexity index is 284. The van der Waals surface area contributed by atoms with Gasteiger partial charge in [0.1, 0.15) is 0 Å². The Balaban J connectivity index is 2.94. The van der Waals surface area contributed by atoms with Crippen molar-refractivity contribution in [2.24, 2.45) is 0 Å². The Morgan fingerprint density at radius 2 is 1.86 bits per heavy atom. The quantitative estimate of drug-likeness (QED) is 0.779. The van der Waals surface area contributed by atoms with Crippen molar-refractivity contribution in [1.29, 1.82) is 0 Å². The van der Waals surface area contributed by atoms with Crippen LogP contribution in [0.2, 0.25) is 0 Å². The molecule has 0 bridgehead atoms. The van der Waals surface area contributed by atoms with E-state index in [1.54, 1.807) is 11.8 Å². The van der Waals surface area contributed by atoms with Gasteiger partial charge in [-0.1, -0.05) is 5.21 Å². The Kier molecular flexibility index (Phi) is 4.81. The summed E-state index contributed by atoms with van der Waals surface area (Å²) in [4.78, 5) is 0. The molecule has 1 aromatic rings. The Morgan fingerprint density at radius 1 is 1.21 bits per heavy atom. The highest BCUT2D eigenvalue weighted by Crippen LogP contribution is 2.19. The first-order valence-corrected chi connectivity index (χ1v) is 7.40. The molecule has 14 heavy (non-hydrogen) atoms. The maximum Gasteiger partial charge on any atom is 0.0966 e. The number of rotatable bonds is 5. The van der Waals surface area contributed by atoms with E-state index in [1.165, 1.54) is 5.69 Å². The van der Waals surface area contributed by atoms with Gasteiger partial charge in [0.05, 0.1) is 11.4 Å². The van der Waals surface area contributed by atoms with Crippen LogP contribution in [0.4, 0.5) is 0 Å². The van der Waals surface area contributed by atoms with Gasteiger partial charge >= 0.3 is 0 Å². The minimum absolute atomic E-state index is 0.403. The zero-order valence-corrected chi connectivity index (χ0v) is 10.8. The van der Waals surface area contributed by atoms with Crippen LogP contribution in [0.15, 0.2) is 0 Å². The lowest BCUT2D eigenvalue weighted by molar-refractivity contribution is 0.501. The number of aromatic nitrogens is 3. The highest BCUT2D eigenvalue weighted by Gasteiger charge is 2.13. The van der Waals surface area contributed by atoms with Crippen molar-refractivity contribution >= 4 is 23.5 Å². The van der Waals surface area contributed by atoms with Crippen LogP contribution in [0.1, 0.15) is 31.3 Å². The molecule has 5 heteroatoms. The highest BCUT2D eigenvalue weighted by atomic mass is 32.2. The first kappa shape index (κ1) is 11.9. The first-order valence-electron chi connectivity index (χ1n) is 4.61. The summed E-state index contributed by atoms with van der Waals surface area (Å²) in [6.45, 7) is 4.28. The van der Waals surface area contributed by atoms with Crippen LogP contribution in [-0.2, 0) is 11.5 Å². The molecule has 0 unspecified atom stereocenters. The highest BCUT2D eigenvalue weighted by molar-refractivity contribution is 7.98. The molecule has 80 valence electrons. The maximum atomic E-state index is 4.22. The standard InChI is InChI=1S/C9H17N3S2/c1-7(2)12-9(6-14-4)8(5-13-3)10-11-12/h7H,5-6H2,1-4H3. The number of hydrogen-bond donors (Lipinski definition) is 0. The van der Waals surface area contributed by atoms with Gasteiger partial charge in [-0.2, -0.15) is 23.5 Å². The van der Waals surface area contributed by atoms with E-state index in [0.717, 1.165) is 17.2 Å². The second-order valence-electron chi connectivity index (χ2n) is 3.39. The molecule has 1 heterocycles. The molecular formula is C9H17N3S2. The molecule has 0 fully saturated rings. The van der Waals surface area contributed by atoms with E-state index < -0.39 is 0 Å². The molecule has 0 aliphatic rings. The summed E-state index contributed by atoms with van der Waals surface area (Å²) in [7, 11) is 0. The Morgan fingerprint density at radius 3 is 2.36 bits per heavy atom. The van der Waals surface area contributed by atoms with Crippen molar-refractivity contribution in [3.05, 3.63) is 11.4 Å². The van der Waals surface area contributed by atoms with Crippen molar-refractivity contribution in [3.8, 4) is 0 Å². The van der Waals surface area contributed by atoms with Gasteiger partial charge in [0.25, 0.3) is 0 Å². The molecule has 0 radical (unpaired) electrons. The molecule has 1 aromatic heterocycles. The largest absolute Gasteiger partial charge is 0.246 e. The third kappa shape index (κ3) is 2.67. The second-order valence-corrected chi connectivity index (χ2v) is 5.12. The fourth-order valence-electron chi connectivity index (χ4n) is 1.30. The van der Waals surface area contributed by atoms with E-state index in [2.05, 4.69) is 36.7 Å². The van der Waals surface area contributed by atoms with Gasteiger partial charge in [-0.15, -0.1) is 5.10 Å². The SMILES string of the molecule is CSCc1nnn(C(C)C)c1CSC. The van der Waals surface area contributed by atoms with Crippen molar-refractivity contribution in [1.82, 2.24) is 15.0 Å². The molecule has 0 aliphatic carbocycles. The Labute approximate surface area is 94.0 Å². The monoisotopic (exact) mass is 231 g/mol. The number of nitrogens with zero attached hydrogens (tertiary/aromatic N) is 3. The van der Waals surface area contributed by atoms with Crippen LogP contribution in [0.3, 0.4) is 0 Å². The molecule has 0 aromatic carbocycles. The molecule has 0 saturated carbocycles. The topological polar surface area (TPSA) is 30.7 Å². The normalized spacial score (nSPS) is 11.2. The predicted molar refractivity (Wildman–Crippen MR) is 64.8 cm³/mol. The van der Waals surface area contributed by atoms with E-state index in [4.69, 9.17) is 0 Å². The van der Waals surface area contributed by atoms with Gasteiger partial charge in [0.2, 0.25) is 0 Å². The lowest BCUT2D eigenvalue weighted by Crippen LogP contribution is -2.07. The minimum Gasteiger partial charge on any atom is -0.246 e. The molecule has 0 spiro atoms. The fraction of sp³-hybridized carbons (Fsp3) is 0.778. The molecule has 0 aliphatic heterocycles. The van der Waals surface area contributed by atoms with E-state index >= 15 is 0 Å². The summed E-state index contributed by atoms with van der Waals surface area (Å²) in [5.41, 5.74) is 2.42. The van der Waals surface area contributed by atoms with Gasteiger partial charge in [-0.05, 0) is 26.4 Å². The molecule has 1 rings (SSSR count). The van der Waals surface area contributed by atoms with Crippen LogP contribution in [0, 0.1) is 0 Å². The smallest absolute Gasteiger partial charge is 0.0966 e. The summed E-state index contributed by atoms with van der Waals surface area (Å²) in [5.74, 6) is 1.96. The lowest BCUT2D eigenvalue weighted by atomic mass is 10.3. The van der Waals surface area contributed by atoms with Crippen molar-refractivity contribution in [3.63, 3.8) is 0 Å². The van der Waals surface area contributed by atoms with Crippen LogP contribution in [0.25, 0.3) is 0 Å². The maximum absolute atomic E-state index is 4.22. The van der Waals surface area contributed by atoms with Gasteiger partial charge < -0.3 is 0 Å². The number of hydrogen-bond acceptors (Lipinski definition) is 4. The van der Waals surface area contributed by atoms with Gasteiger partial charge in [-0.25, -0.2) is 4.68 Å². The van der Waals surface area contributed by atoms with E-state index in [1.807, 2.05) is 16.4 Å². The van der Waals surface area contributed by atoms with Crippen LogP contribution < -0.4 is 0 Å². The lowest BCUT2D eigenvalue weighted by Gasteiger charge is -2.09. The summed E-state index contributed by atoms with van der Waals surface area (Å²) in [6, 6.07) is 0.403. The fourth-order valence-corrected chi connectivity index (χ4v) is 2.37. The van der Waals surface area contributed by atoms with Gasteiger partial charge in [0, 0.05) is 17.5 Å². The summed E-state index contributed by atoms with van der Waals surface area (Å²) < 4.78 is 2.03. The third-order valence-corrected chi connectivity index (χ3v) is 3.05. The average Bonchev–Trinajstić information content (AvgIpc) is 2.50. The van der Waals surface area contributed by atoms with E-state index in [9.17, 15) is 0 Å². The van der Waals surface area contributed by atoms with Crippen molar-refractivity contribution < 1.29 is 0 Å². The summed E-state index contributed by atoms with van der Waals surface area (Å²) in [5, 5.41) is 8.42. The van der Waals surface area contributed by atoms with Crippen LogP contribution in [0.5, 0.6) is 0 Å². The molecular weight excluding hydrogens is 214 g/mol. The van der Waals surface area contributed by atoms with Gasteiger partial charge in [-0.3, -0.25) is 0 Å². The Hall–Kier alpha value is -0.160. The first-order chi connectivity index (χ1) is 6.70.